The van der Waals surface area contributed by atoms with E-state index in [-0.39, 0.29) is 12.0 Å². The van der Waals surface area contributed by atoms with Gasteiger partial charge in [-0.05, 0) is 13.0 Å². The molecule has 0 fully saturated rings. The second-order valence-corrected chi connectivity index (χ2v) is 4.10. The first-order valence-corrected chi connectivity index (χ1v) is 5.92. The van der Waals surface area contributed by atoms with E-state index in [2.05, 4.69) is 0 Å². The number of hydrogen-bond donors (Lipinski definition) is 1. The normalized spacial score (nSPS) is 21.7. The number of hydrogen-bond acceptors (Lipinski definition) is 5. The van der Waals surface area contributed by atoms with Crippen LogP contribution in [0.15, 0.2) is 18.2 Å². The standard InChI is InChI=1S/C13H17NO4/c1-3-17-13(15)12-7-10(14)9-5-4-8(16-2)6-11(9)18-12/h4-6,10,12H,3,7,14H2,1-2H3/t10-,12-/m0/s1. The van der Waals surface area contributed by atoms with Crippen molar-refractivity contribution >= 4 is 5.97 Å². The largest absolute Gasteiger partial charge is 0.497 e. The van der Waals surface area contributed by atoms with Crippen LogP contribution < -0.4 is 15.2 Å². The molecule has 0 unspecified atom stereocenters. The quantitative estimate of drug-likeness (QED) is 0.822. The number of nitrogens with two attached hydrogens (primary N) is 1. The Hall–Kier alpha value is -1.75. The minimum absolute atomic E-state index is 0.228. The number of rotatable bonds is 3. The smallest absolute Gasteiger partial charge is 0.347 e. The van der Waals surface area contributed by atoms with Gasteiger partial charge in [0.1, 0.15) is 11.5 Å². The van der Waals surface area contributed by atoms with Crippen LogP contribution >= 0.6 is 0 Å². The molecule has 0 saturated heterocycles. The van der Waals surface area contributed by atoms with Gasteiger partial charge in [0.2, 0.25) is 0 Å². The average Bonchev–Trinajstić information content (AvgIpc) is 2.38. The van der Waals surface area contributed by atoms with Gasteiger partial charge in [0.25, 0.3) is 0 Å². The molecule has 18 heavy (non-hydrogen) atoms. The monoisotopic (exact) mass is 251 g/mol. The zero-order chi connectivity index (χ0) is 13.1. The van der Waals surface area contributed by atoms with Crippen LogP contribution in [-0.2, 0) is 9.53 Å². The predicted molar refractivity (Wildman–Crippen MR) is 65.6 cm³/mol. The molecule has 1 aliphatic rings. The van der Waals surface area contributed by atoms with Gasteiger partial charge in [-0.15, -0.1) is 0 Å². The topological polar surface area (TPSA) is 70.8 Å². The van der Waals surface area contributed by atoms with Gasteiger partial charge >= 0.3 is 5.97 Å². The third kappa shape index (κ3) is 2.41. The summed E-state index contributed by atoms with van der Waals surface area (Å²) in [6.07, 6.45) is -0.211. The third-order valence-corrected chi connectivity index (χ3v) is 2.91. The molecule has 2 rings (SSSR count). The molecule has 5 heteroatoms. The summed E-state index contributed by atoms with van der Waals surface area (Å²) in [7, 11) is 1.58. The number of carbonyl (C=O) groups excluding carboxylic acids is 1. The van der Waals surface area contributed by atoms with Gasteiger partial charge in [0, 0.05) is 24.1 Å². The maximum absolute atomic E-state index is 11.7. The van der Waals surface area contributed by atoms with Crippen molar-refractivity contribution in [3.05, 3.63) is 23.8 Å². The summed E-state index contributed by atoms with van der Waals surface area (Å²) in [4.78, 5) is 11.7. The maximum Gasteiger partial charge on any atom is 0.347 e. The fraction of sp³-hybridized carbons (Fsp3) is 0.462. The number of fused-ring (bicyclic) bond motifs is 1. The van der Waals surface area contributed by atoms with Crippen molar-refractivity contribution in [2.45, 2.75) is 25.5 Å². The Kier molecular flexibility index (Phi) is 3.72. The van der Waals surface area contributed by atoms with Crippen molar-refractivity contribution in [3.63, 3.8) is 0 Å². The van der Waals surface area contributed by atoms with E-state index in [9.17, 15) is 4.79 Å². The highest BCUT2D eigenvalue weighted by Gasteiger charge is 2.32. The Morgan fingerprint density at radius 3 is 3.00 bits per heavy atom. The molecule has 1 aromatic carbocycles. The van der Waals surface area contributed by atoms with Crippen molar-refractivity contribution in [3.8, 4) is 11.5 Å². The van der Waals surface area contributed by atoms with E-state index in [0.717, 1.165) is 5.56 Å². The van der Waals surface area contributed by atoms with E-state index in [1.165, 1.54) is 0 Å². The van der Waals surface area contributed by atoms with E-state index in [4.69, 9.17) is 19.9 Å². The van der Waals surface area contributed by atoms with Gasteiger partial charge in [-0.2, -0.15) is 0 Å². The number of ether oxygens (including phenoxy) is 3. The van der Waals surface area contributed by atoms with Crippen LogP contribution in [0.4, 0.5) is 0 Å². The van der Waals surface area contributed by atoms with E-state index in [1.54, 1.807) is 20.1 Å². The number of methoxy groups -OCH3 is 1. The highest BCUT2D eigenvalue weighted by molar-refractivity contribution is 5.75. The fourth-order valence-electron chi connectivity index (χ4n) is 1.99. The summed E-state index contributed by atoms with van der Waals surface area (Å²) in [6, 6.07) is 5.20. The second-order valence-electron chi connectivity index (χ2n) is 4.10. The van der Waals surface area contributed by atoms with Crippen LogP contribution in [0.3, 0.4) is 0 Å². The van der Waals surface area contributed by atoms with Crippen LogP contribution in [-0.4, -0.2) is 25.8 Å². The number of carbonyl (C=O) groups is 1. The Morgan fingerprint density at radius 2 is 2.33 bits per heavy atom. The molecule has 0 spiro atoms. The summed E-state index contributed by atoms with van der Waals surface area (Å²) in [5.41, 5.74) is 6.92. The van der Waals surface area contributed by atoms with E-state index in [1.807, 2.05) is 12.1 Å². The van der Waals surface area contributed by atoms with E-state index in [0.29, 0.717) is 24.5 Å². The molecule has 1 aromatic rings. The molecule has 0 amide bonds. The van der Waals surface area contributed by atoms with Gasteiger partial charge < -0.3 is 19.9 Å². The summed E-state index contributed by atoms with van der Waals surface area (Å²) in [5, 5.41) is 0. The first-order valence-electron chi connectivity index (χ1n) is 5.92. The van der Waals surface area contributed by atoms with Crippen molar-refractivity contribution in [2.75, 3.05) is 13.7 Å². The molecule has 0 saturated carbocycles. The molecule has 2 N–H and O–H groups in total. The predicted octanol–water partition coefficient (Wildman–Crippen LogP) is 1.41. The minimum Gasteiger partial charge on any atom is -0.497 e. The second kappa shape index (κ2) is 5.27. The molecule has 5 nitrogen and oxygen atoms in total. The summed E-state index contributed by atoms with van der Waals surface area (Å²) >= 11 is 0. The lowest BCUT2D eigenvalue weighted by Gasteiger charge is -2.29. The number of benzene rings is 1. The minimum atomic E-state index is -0.639. The van der Waals surface area contributed by atoms with E-state index < -0.39 is 6.10 Å². The lowest BCUT2D eigenvalue weighted by Crippen LogP contribution is -2.36. The SMILES string of the molecule is CCOC(=O)[C@@H]1C[C@H](N)c2ccc(OC)cc2O1. The van der Waals surface area contributed by atoms with Crippen molar-refractivity contribution < 1.29 is 19.0 Å². The molecule has 0 aromatic heterocycles. The molecule has 0 radical (unpaired) electrons. The first-order chi connectivity index (χ1) is 8.65. The highest BCUT2D eigenvalue weighted by Crippen LogP contribution is 2.36. The Balaban J connectivity index is 2.23. The number of esters is 1. The maximum atomic E-state index is 11.7. The van der Waals surface area contributed by atoms with Crippen molar-refractivity contribution in [1.82, 2.24) is 0 Å². The average molecular weight is 251 g/mol. The molecular weight excluding hydrogens is 234 g/mol. The van der Waals surface area contributed by atoms with Crippen LogP contribution in [0.5, 0.6) is 11.5 Å². The zero-order valence-corrected chi connectivity index (χ0v) is 10.5. The molecule has 1 heterocycles. The first kappa shape index (κ1) is 12.7. The zero-order valence-electron chi connectivity index (χ0n) is 10.5. The van der Waals surface area contributed by atoms with E-state index >= 15 is 0 Å². The Bertz CT molecular complexity index is 447. The highest BCUT2D eigenvalue weighted by atomic mass is 16.6. The van der Waals surface area contributed by atoms with Gasteiger partial charge in [-0.1, -0.05) is 6.07 Å². The Labute approximate surface area is 106 Å². The van der Waals surface area contributed by atoms with Crippen molar-refractivity contribution in [2.24, 2.45) is 5.73 Å². The molecule has 1 aliphatic heterocycles. The van der Waals surface area contributed by atoms with Gasteiger partial charge in [-0.3, -0.25) is 0 Å². The lowest BCUT2D eigenvalue weighted by atomic mass is 9.97. The van der Waals surface area contributed by atoms with Crippen LogP contribution in [0.2, 0.25) is 0 Å². The summed E-state index contributed by atoms with van der Waals surface area (Å²) in [6.45, 7) is 2.09. The van der Waals surface area contributed by atoms with Gasteiger partial charge in [0.15, 0.2) is 6.10 Å². The summed E-state index contributed by atoms with van der Waals surface area (Å²) in [5.74, 6) is 0.887. The molecule has 0 aliphatic carbocycles. The lowest BCUT2D eigenvalue weighted by molar-refractivity contribution is -0.152. The van der Waals surface area contributed by atoms with Gasteiger partial charge in [-0.25, -0.2) is 4.79 Å². The molecule has 98 valence electrons. The summed E-state index contributed by atoms with van der Waals surface area (Å²) < 4.78 is 15.7. The molecular formula is C13H17NO4. The van der Waals surface area contributed by atoms with Crippen LogP contribution in [0, 0.1) is 0 Å². The third-order valence-electron chi connectivity index (χ3n) is 2.91. The molecule has 0 bridgehead atoms. The van der Waals surface area contributed by atoms with Gasteiger partial charge in [0.05, 0.1) is 13.7 Å². The van der Waals surface area contributed by atoms with Crippen LogP contribution in [0.25, 0.3) is 0 Å². The van der Waals surface area contributed by atoms with Crippen molar-refractivity contribution in [1.29, 1.82) is 0 Å². The molecule has 2 atom stereocenters. The van der Waals surface area contributed by atoms with Crippen LogP contribution in [0.1, 0.15) is 24.9 Å². The fourth-order valence-corrected chi connectivity index (χ4v) is 1.99. The Morgan fingerprint density at radius 1 is 1.56 bits per heavy atom.